The van der Waals surface area contributed by atoms with Gasteiger partial charge in [-0.2, -0.15) is 0 Å². The fraction of sp³-hybridized carbons (Fsp3) is 0.286. The molecule has 1 aliphatic rings. The second kappa shape index (κ2) is 7.08. The highest BCUT2D eigenvalue weighted by Gasteiger charge is 2.31. The molecule has 0 aromatic heterocycles. The molecule has 0 aliphatic carbocycles. The van der Waals surface area contributed by atoms with Crippen molar-refractivity contribution in [3.63, 3.8) is 0 Å². The summed E-state index contributed by atoms with van der Waals surface area (Å²) in [6, 6.07) is 12.6. The third-order valence-electron chi connectivity index (χ3n) is 4.24. The average molecular weight is 377 g/mol. The average Bonchev–Trinajstić information content (AvgIpc) is 3.05. The maximum Gasteiger partial charge on any atom is 0.255 e. The molecule has 0 bridgehead atoms. The summed E-state index contributed by atoms with van der Waals surface area (Å²) in [4.78, 5) is 14.1. The summed E-state index contributed by atoms with van der Waals surface area (Å²) in [5.74, 6) is -0.848. The highest BCUT2D eigenvalue weighted by Crippen LogP contribution is 2.35. The molecule has 0 saturated heterocycles. The zero-order valence-electron chi connectivity index (χ0n) is 21.4. The van der Waals surface area contributed by atoms with Crippen molar-refractivity contribution in [3.8, 4) is 0 Å². The lowest BCUT2D eigenvalue weighted by molar-refractivity contribution is -0.123. The van der Waals surface area contributed by atoms with E-state index in [2.05, 4.69) is 0 Å². The third-order valence-corrected chi connectivity index (χ3v) is 5.37. The van der Waals surface area contributed by atoms with Crippen LogP contribution in [-0.4, -0.2) is 38.5 Å². The zero-order valence-corrected chi connectivity index (χ0v) is 15.2. The lowest BCUT2D eigenvalue weighted by Gasteiger charge is -2.15. The lowest BCUT2D eigenvalue weighted by Crippen LogP contribution is -2.27. The Morgan fingerprint density at radius 3 is 2.27 bits per heavy atom. The second-order valence-corrected chi connectivity index (χ2v) is 8.16. The van der Waals surface area contributed by atoms with Crippen LogP contribution in [0, 0.1) is 6.92 Å². The molecule has 2 aromatic rings. The molecule has 3 rings (SSSR count). The predicted molar refractivity (Wildman–Crippen MR) is 104 cm³/mol. The molecule has 0 radical (unpaired) electrons. The monoisotopic (exact) mass is 376 g/mol. The summed E-state index contributed by atoms with van der Waals surface area (Å²) < 4.78 is 78.5. The normalized spacial score (nSPS) is 20.6. The van der Waals surface area contributed by atoms with Gasteiger partial charge in [0, 0.05) is 28.9 Å². The van der Waals surface area contributed by atoms with Crippen molar-refractivity contribution in [1.29, 1.82) is 0 Å². The minimum absolute atomic E-state index is 0.0685. The van der Waals surface area contributed by atoms with E-state index in [0.717, 1.165) is 11.8 Å². The van der Waals surface area contributed by atoms with Crippen molar-refractivity contribution in [2.75, 3.05) is 19.3 Å². The van der Waals surface area contributed by atoms with Crippen molar-refractivity contribution in [2.45, 2.75) is 25.0 Å². The minimum Gasteiger partial charge on any atom is -0.334 e. The highest BCUT2D eigenvalue weighted by molar-refractivity contribution is 7.90. The zero-order chi connectivity index (χ0) is 25.0. The van der Waals surface area contributed by atoms with Gasteiger partial charge in [0.15, 0.2) is 9.84 Å². The van der Waals surface area contributed by atoms with E-state index in [1.165, 1.54) is 24.3 Å². The third kappa shape index (κ3) is 3.58. The summed E-state index contributed by atoms with van der Waals surface area (Å²) in [5, 5.41) is 0. The molecule has 0 atom stereocenters. The summed E-state index contributed by atoms with van der Waals surface area (Å²) >= 11 is 0. The molecule has 1 amide bonds. The lowest BCUT2D eigenvalue weighted by atomic mass is 9.96. The van der Waals surface area contributed by atoms with Crippen LogP contribution in [0.25, 0.3) is 11.1 Å². The van der Waals surface area contributed by atoms with Gasteiger partial charge in [0.25, 0.3) is 5.91 Å². The Kier molecular flexibility index (Phi) is 3.09. The van der Waals surface area contributed by atoms with Crippen LogP contribution >= 0.6 is 0 Å². The molecular weight excluding hydrogens is 346 g/mol. The predicted octanol–water partition coefficient (Wildman–Crippen LogP) is 3.56. The summed E-state index contributed by atoms with van der Waals surface area (Å²) in [5.41, 5.74) is 2.27. The Morgan fingerprint density at radius 2 is 1.69 bits per heavy atom. The summed E-state index contributed by atoms with van der Waals surface area (Å²) in [6.07, 6.45) is -2.28. The molecule has 0 fully saturated rings. The highest BCUT2D eigenvalue weighted by atomic mass is 32.2. The van der Waals surface area contributed by atoms with Crippen molar-refractivity contribution in [3.05, 3.63) is 65.2 Å². The van der Waals surface area contributed by atoms with Crippen LogP contribution in [0.5, 0.6) is 0 Å². The van der Waals surface area contributed by atoms with Gasteiger partial charge in [-0.25, -0.2) is 8.42 Å². The van der Waals surface area contributed by atoms with Gasteiger partial charge < -0.3 is 4.90 Å². The quantitative estimate of drug-likeness (QED) is 0.802. The van der Waals surface area contributed by atoms with Crippen molar-refractivity contribution in [2.24, 2.45) is 0 Å². The first-order valence-corrected chi connectivity index (χ1v) is 9.80. The maximum atomic E-state index is 13.4. The Labute approximate surface area is 164 Å². The molecule has 136 valence electrons. The topological polar surface area (TPSA) is 54.5 Å². The van der Waals surface area contributed by atoms with Crippen LogP contribution in [0.15, 0.2) is 53.4 Å². The number of hydrogen-bond acceptors (Lipinski definition) is 3. The molecule has 26 heavy (non-hydrogen) atoms. The largest absolute Gasteiger partial charge is 0.334 e. The van der Waals surface area contributed by atoms with Crippen LogP contribution in [0.1, 0.15) is 39.5 Å². The molecular formula is C21H23NO3S. The van der Waals surface area contributed by atoms with Crippen LogP contribution in [0.3, 0.4) is 0 Å². The number of benzene rings is 2. The van der Waals surface area contributed by atoms with E-state index in [9.17, 15) is 13.2 Å². The van der Waals surface area contributed by atoms with E-state index >= 15 is 0 Å². The first-order valence-electron chi connectivity index (χ1n) is 11.4. The molecule has 0 spiro atoms. The van der Waals surface area contributed by atoms with Gasteiger partial charge in [-0.05, 0) is 42.1 Å². The van der Waals surface area contributed by atoms with E-state index in [-0.39, 0.29) is 17.0 Å². The van der Waals surface area contributed by atoms with Gasteiger partial charge >= 0.3 is 0 Å². The van der Waals surface area contributed by atoms with Crippen LogP contribution in [0.2, 0.25) is 0 Å². The molecule has 1 aliphatic heterocycles. The Morgan fingerprint density at radius 1 is 1.08 bits per heavy atom. The fourth-order valence-corrected chi connectivity index (χ4v) is 3.52. The SMILES string of the molecule is [2H]C([2H])([2H])C([2H])([2H])C([2H])([2H])N1CC(c2ccc(S(C)(=O)=O)cc2)=C(c2ccc(C)cc2)C1=O. The molecule has 5 heteroatoms. The number of carbonyl (C=O) groups excluding carboxylic acids is 1. The molecule has 0 unspecified atom stereocenters. The number of amides is 1. The van der Waals surface area contributed by atoms with Crippen molar-refractivity contribution >= 4 is 26.9 Å². The molecule has 2 aromatic carbocycles. The Bertz CT molecular complexity index is 1220. The van der Waals surface area contributed by atoms with Gasteiger partial charge in [0.05, 0.1) is 10.5 Å². The van der Waals surface area contributed by atoms with Crippen molar-refractivity contribution in [1.82, 2.24) is 4.90 Å². The molecule has 4 nitrogen and oxygen atoms in total. The van der Waals surface area contributed by atoms with Gasteiger partial charge in [-0.15, -0.1) is 0 Å². The minimum atomic E-state index is -3.46. The van der Waals surface area contributed by atoms with Gasteiger partial charge in [-0.1, -0.05) is 48.8 Å². The van der Waals surface area contributed by atoms with Crippen LogP contribution in [-0.2, 0) is 14.6 Å². The number of hydrogen-bond donors (Lipinski definition) is 0. The number of carbonyl (C=O) groups is 1. The molecule has 0 N–H and O–H groups in total. The van der Waals surface area contributed by atoms with Gasteiger partial charge in [0.1, 0.15) is 0 Å². The molecule has 1 heterocycles. The fourth-order valence-electron chi connectivity index (χ4n) is 2.89. The number of sulfone groups is 1. The number of nitrogens with zero attached hydrogens (tertiary/aromatic N) is 1. The van der Waals surface area contributed by atoms with E-state index < -0.39 is 35.5 Å². The van der Waals surface area contributed by atoms with E-state index in [1.807, 2.05) is 6.92 Å². The van der Waals surface area contributed by atoms with Gasteiger partial charge in [0.2, 0.25) is 0 Å². The molecule has 0 saturated carbocycles. The first-order chi connectivity index (χ1) is 15.0. The van der Waals surface area contributed by atoms with Crippen LogP contribution < -0.4 is 0 Å². The number of aryl methyl sites for hydroxylation is 1. The first kappa shape index (κ1) is 11.3. The summed E-state index contributed by atoms with van der Waals surface area (Å²) in [6.45, 7) is -5.00. The smallest absolute Gasteiger partial charge is 0.255 e. The standard InChI is InChI=1S/C21H23NO3S/c1-4-13-22-14-19(16-9-11-18(12-10-16)26(3,24)25)20(21(22)23)17-7-5-15(2)6-8-17/h5-12H,4,13-14H2,1-3H3/i1D3,4D2,13D2. The van der Waals surface area contributed by atoms with Crippen LogP contribution in [0.4, 0.5) is 0 Å². The second-order valence-electron chi connectivity index (χ2n) is 6.14. The maximum absolute atomic E-state index is 13.4. The van der Waals surface area contributed by atoms with E-state index in [1.54, 1.807) is 24.3 Å². The van der Waals surface area contributed by atoms with Gasteiger partial charge in [-0.3, -0.25) is 4.79 Å². The number of rotatable bonds is 5. The Hall–Kier alpha value is -2.40. The Balaban J connectivity index is 2.17. The summed E-state index contributed by atoms with van der Waals surface area (Å²) in [7, 11) is -3.46. The van der Waals surface area contributed by atoms with E-state index in [0.29, 0.717) is 21.6 Å². The van der Waals surface area contributed by atoms with E-state index in [4.69, 9.17) is 9.60 Å². The van der Waals surface area contributed by atoms with Crippen molar-refractivity contribution < 1.29 is 22.8 Å².